The maximum absolute atomic E-state index is 12.2. The molecule has 3 nitrogen and oxygen atoms in total. The third-order valence-electron chi connectivity index (χ3n) is 2.40. The number of halogens is 3. The summed E-state index contributed by atoms with van der Waals surface area (Å²) in [7, 11) is 0. The topological polar surface area (TPSA) is 34.1 Å². The maximum Gasteiger partial charge on any atom is 0.387 e. The number of nitrogens with zero attached hydrogens (tertiary/aromatic N) is 1. The molecule has 1 N–H and O–H groups in total. The lowest BCUT2D eigenvalue weighted by Crippen LogP contribution is -2.07. The minimum absolute atomic E-state index is 0.159. The van der Waals surface area contributed by atoms with E-state index in [-0.39, 0.29) is 5.75 Å². The molecule has 0 saturated carbocycles. The van der Waals surface area contributed by atoms with Crippen molar-refractivity contribution in [2.75, 3.05) is 5.32 Å². The molecule has 0 aliphatic rings. The van der Waals surface area contributed by atoms with Crippen LogP contribution < -0.4 is 10.1 Å². The van der Waals surface area contributed by atoms with Crippen molar-refractivity contribution in [3.63, 3.8) is 0 Å². The third kappa shape index (κ3) is 4.06. The summed E-state index contributed by atoms with van der Waals surface area (Å²) < 4.78 is 28.9. The Morgan fingerprint density at radius 3 is 2.68 bits per heavy atom. The molecule has 1 aromatic carbocycles. The van der Waals surface area contributed by atoms with Crippen molar-refractivity contribution in [1.29, 1.82) is 0 Å². The van der Waals surface area contributed by atoms with Crippen molar-refractivity contribution < 1.29 is 13.5 Å². The Bertz CT molecular complexity index is 534. The monoisotopic (exact) mass is 284 g/mol. The van der Waals surface area contributed by atoms with E-state index in [0.717, 1.165) is 5.69 Å². The molecule has 0 atom stereocenters. The standard InChI is InChI=1S/C13H11ClF2N2O/c14-12-6-5-10(8-18-12)17-7-9-3-1-2-4-11(9)19-13(15)16/h1-6,8,13,17H,7H2. The van der Waals surface area contributed by atoms with Gasteiger partial charge >= 0.3 is 6.61 Å². The molecule has 0 spiro atoms. The summed E-state index contributed by atoms with van der Waals surface area (Å²) in [5.74, 6) is 0.159. The highest BCUT2D eigenvalue weighted by Crippen LogP contribution is 2.21. The minimum atomic E-state index is -2.83. The normalized spacial score (nSPS) is 10.5. The highest BCUT2D eigenvalue weighted by atomic mass is 35.5. The minimum Gasteiger partial charge on any atom is -0.434 e. The molecule has 1 aromatic heterocycles. The highest BCUT2D eigenvalue weighted by molar-refractivity contribution is 6.29. The van der Waals surface area contributed by atoms with E-state index in [1.54, 1.807) is 36.5 Å². The molecule has 0 aliphatic carbocycles. The Balaban J connectivity index is 2.04. The van der Waals surface area contributed by atoms with Crippen LogP contribution in [0.15, 0.2) is 42.6 Å². The predicted molar refractivity (Wildman–Crippen MR) is 69.6 cm³/mol. The van der Waals surface area contributed by atoms with Crippen molar-refractivity contribution in [3.05, 3.63) is 53.3 Å². The van der Waals surface area contributed by atoms with Crippen LogP contribution in [0.5, 0.6) is 5.75 Å². The Hall–Kier alpha value is -1.88. The fraction of sp³-hybridized carbons (Fsp3) is 0.154. The maximum atomic E-state index is 12.2. The average Bonchev–Trinajstić information content (AvgIpc) is 2.39. The van der Waals surface area contributed by atoms with Crippen LogP contribution in [0.2, 0.25) is 5.15 Å². The van der Waals surface area contributed by atoms with Crippen LogP contribution in [-0.4, -0.2) is 11.6 Å². The molecule has 0 saturated heterocycles. The zero-order valence-corrected chi connectivity index (χ0v) is 10.6. The largest absolute Gasteiger partial charge is 0.434 e. The van der Waals surface area contributed by atoms with Gasteiger partial charge in [0.05, 0.1) is 11.9 Å². The van der Waals surface area contributed by atoms with Crippen LogP contribution in [-0.2, 0) is 6.54 Å². The van der Waals surface area contributed by atoms with Crippen molar-refractivity contribution in [2.24, 2.45) is 0 Å². The van der Waals surface area contributed by atoms with Crippen molar-refractivity contribution in [1.82, 2.24) is 4.98 Å². The third-order valence-corrected chi connectivity index (χ3v) is 2.62. The van der Waals surface area contributed by atoms with E-state index in [4.69, 9.17) is 11.6 Å². The van der Waals surface area contributed by atoms with Gasteiger partial charge < -0.3 is 10.1 Å². The number of anilines is 1. The predicted octanol–water partition coefficient (Wildman–Crippen LogP) is 3.95. The molecule has 1 heterocycles. The Morgan fingerprint density at radius 2 is 2.00 bits per heavy atom. The van der Waals surface area contributed by atoms with Crippen LogP contribution >= 0.6 is 11.6 Å². The highest BCUT2D eigenvalue weighted by Gasteiger charge is 2.08. The summed E-state index contributed by atoms with van der Waals surface area (Å²) in [5.41, 5.74) is 1.38. The fourth-order valence-corrected chi connectivity index (χ4v) is 1.65. The van der Waals surface area contributed by atoms with Gasteiger partial charge in [-0.15, -0.1) is 0 Å². The number of benzene rings is 1. The van der Waals surface area contributed by atoms with E-state index in [1.807, 2.05) is 0 Å². The number of hydrogen-bond donors (Lipinski definition) is 1. The van der Waals surface area contributed by atoms with E-state index in [9.17, 15) is 8.78 Å². The lowest BCUT2D eigenvalue weighted by Gasteiger charge is -2.11. The second-order valence-corrected chi connectivity index (χ2v) is 4.10. The summed E-state index contributed by atoms with van der Waals surface area (Å²) in [6.07, 6.45) is 1.57. The molecule has 0 unspecified atom stereocenters. The Labute approximate surface area is 114 Å². The second-order valence-electron chi connectivity index (χ2n) is 3.71. The number of ether oxygens (including phenoxy) is 1. The first-order chi connectivity index (χ1) is 9.15. The van der Waals surface area contributed by atoms with E-state index < -0.39 is 6.61 Å². The molecule has 2 aromatic rings. The first-order valence-corrected chi connectivity index (χ1v) is 5.91. The van der Waals surface area contributed by atoms with E-state index >= 15 is 0 Å². The van der Waals surface area contributed by atoms with Crippen molar-refractivity contribution >= 4 is 17.3 Å². The van der Waals surface area contributed by atoms with Gasteiger partial charge in [0.1, 0.15) is 10.9 Å². The lowest BCUT2D eigenvalue weighted by atomic mass is 10.2. The fourth-order valence-electron chi connectivity index (χ4n) is 1.54. The number of aromatic nitrogens is 1. The first-order valence-electron chi connectivity index (χ1n) is 5.53. The molecule has 0 amide bonds. The van der Waals surface area contributed by atoms with Gasteiger partial charge in [0.2, 0.25) is 0 Å². The number of hydrogen-bond acceptors (Lipinski definition) is 3. The lowest BCUT2D eigenvalue weighted by molar-refractivity contribution is -0.0504. The SMILES string of the molecule is FC(F)Oc1ccccc1CNc1ccc(Cl)nc1. The van der Waals surface area contributed by atoms with Crippen LogP contribution in [0.3, 0.4) is 0 Å². The van der Waals surface area contributed by atoms with Crippen LogP contribution in [0.1, 0.15) is 5.56 Å². The van der Waals surface area contributed by atoms with Gasteiger partial charge in [0.25, 0.3) is 0 Å². The molecule has 0 fully saturated rings. The molecular weight excluding hydrogens is 274 g/mol. The van der Waals surface area contributed by atoms with Gasteiger partial charge in [-0.05, 0) is 18.2 Å². The zero-order chi connectivity index (χ0) is 13.7. The quantitative estimate of drug-likeness (QED) is 0.844. The molecule has 0 bridgehead atoms. The average molecular weight is 285 g/mol. The van der Waals surface area contributed by atoms with Crippen molar-refractivity contribution in [3.8, 4) is 5.75 Å². The molecule has 0 aliphatic heterocycles. The van der Waals surface area contributed by atoms with Crippen LogP contribution in [0.4, 0.5) is 14.5 Å². The molecule has 6 heteroatoms. The molecule has 0 radical (unpaired) electrons. The van der Waals surface area contributed by atoms with Gasteiger partial charge in [0, 0.05) is 12.1 Å². The smallest absolute Gasteiger partial charge is 0.387 e. The molecule has 2 rings (SSSR count). The number of para-hydroxylation sites is 1. The summed E-state index contributed by atoms with van der Waals surface area (Å²) in [6, 6.07) is 10.0. The molecule has 19 heavy (non-hydrogen) atoms. The van der Waals surface area contributed by atoms with Crippen LogP contribution in [0, 0.1) is 0 Å². The number of pyridine rings is 1. The molecule has 100 valence electrons. The summed E-state index contributed by atoms with van der Waals surface area (Å²) >= 11 is 5.67. The molecular formula is C13H11ClF2N2O. The van der Waals surface area contributed by atoms with Gasteiger partial charge in [-0.3, -0.25) is 0 Å². The van der Waals surface area contributed by atoms with Gasteiger partial charge in [-0.25, -0.2) is 4.98 Å². The Morgan fingerprint density at radius 1 is 1.21 bits per heavy atom. The van der Waals surface area contributed by atoms with Gasteiger partial charge in [0.15, 0.2) is 0 Å². The Kier molecular flexibility index (Phi) is 4.52. The number of rotatable bonds is 5. The van der Waals surface area contributed by atoms with Gasteiger partial charge in [-0.1, -0.05) is 29.8 Å². The zero-order valence-electron chi connectivity index (χ0n) is 9.82. The second kappa shape index (κ2) is 6.33. The van der Waals surface area contributed by atoms with E-state index in [2.05, 4.69) is 15.0 Å². The number of alkyl halides is 2. The van der Waals surface area contributed by atoms with E-state index in [1.165, 1.54) is 6.07 Å². The van der Waals surface area contributed by atoms with Crippen LogP contribution in [0.25, 0.3) is 0 Å². The summed E-state index contributed by atoms with van der Waals surface area (Å²) in [5, 5.41) is 3.45. The first kappa shape index (κ1) is 13.5. The van der Waals surface area contributed by atoms with Gasteiger partial charge in [-0.2, -0.15) is 8.78 Å². The summed E-state index contributed by atoms with van der Waals surface area (Å²) in [4.78, 5) is 3.91. The summed E-state index contributed by atoms with van der Waals surface area (Å²) in [6.45, 7) is -2.48. The number of nitrogens with one attached hydrogen (secondary N) is 1. The van der Waals surface area contributed by atoms with E-state index in [0.29, 0.717) is 17.3 Å². The van der Waals surface area contributed by atoms with Crippen molar-refractivity contribution in [2.45, 2.75) is 13.2 Å².